The lowest BCUT2D eigenvalue weighted by Gasteiger charge is -2.49. The van der Waals surface area contributed by atoms with E-state index in [1.807, 2.05) is 11.3 Å². The Morgan fingerprint density at radius 3 is 2.32 bits per heavy atom. The first-order valence-corrected chi connectivity index (χ1v) is 8.17. The molecule has 19 heavy (non-hydrogen) atoms. The van der Waals surface area contributed by atoms with Crippen LogP contribution in [0.4, 0.5) is 0 Å². The molecule has 0 aromatic carbocycles. The first-order chi connectivity index (χ1) is 8.81. The highest BCUT2D eigenvalue weighted by Gasteiger charge is 2.40. The predicted molar refractivity (Wildman–Crippen MR) is 85.4 cm³/mol. The number of piperazine rings is 1. The Morgan fingerprint density at radius 2 is 1.74 bits per heavy atom. The minimum Gasteiger partial charge on any atom is -0.304 e. The van der Waals surface area contributed by atoms with E-state index in [1.165, 1.54) is 58.3 Å². The normalized spacial score (nSPS) is 24.9. The molecule has 2 heterocycles. The molecule has 2 fully saturated rings. The maximum Gasteiger partial charge on any atom is 0.0554 e. The molecule has 1 aromatic rings. The molecule has 1 aliphatic heterocycles. The molecule has 0 amide bonds. The van der Waals surface area contributed by atoms with E-state index in [9.17, 15) is 0 Å². The van der Waals surface area contributed by atoms with Crippen LogP contribution in [-0.2, 0) is 5.54 Å². The first kappa shape index (κ1) is 15.3. The average Bonchev–Trinajstić information content (AvgIpc) is 2.95. The molecule has 0 unspecified atom stereocenters. The summed E-state index contributed by atoms with van der Waals surface area (Å²) in [5.41, 5.74) is 0.383. The monoisotopic (exact) mass is 300 g/mol. The van der Waals surface area contributed by atoms with Crippen molar-refractivity contribution in [3.05, 3.63) is 22.4 Å². The third kappa shape index (κ3) is 2.99. The number of likely N-dealkylation sites (N-methyl/N-ethyl adjacent to an activating group) is 1. The number of halogens is 1. The van der Waals surface area contributed by atoms with Gasteiger partial charge in [0.15, 0.2) is 0 Å². The summed E-state index contributed by atoms with van der Waals surface area (Å²) in [4.78, 5) is 6.87. The number of rotatable bonds is 2. The lowest BCUT2D eigenvalue weighted by molar-refractivity contribution is 0.0127. The summed E-state index contributed by atoms with van der Waals surface area (Å²) in [6.45, 7) is 4.95. The zero-order valence-corrected chi connectivity index (χ0v) is 13.4. The third-order valence-electron chi connectivity index (χ3n) is 4.77. The van der Waals surface area contributed by atoms with Crippen LogP contribution >= 0.6 is 23.7 Å². The van der Waals surface area contributed by atoms with Crippen molar-refractivity contribution in [1.82, 2.24) is 9.80 Å². The summed E-state index contributed by atoms with van der Waals surface area (Å²) in [6.07, 6.45) is 6.99. The second-order valence-electron chi connectivity index (χ2n) is 5.86. The zero-order valence-electron chi connectivity index (χ0n) is 11.8. The highest BCUT2D eigenvalue weighted by molar-refractivity contribution is 7.10. The fraction of sp³-hybridized carbons (Fsp3) is 0.733. The van der Waals surface area contributed by atoms with E-state index in [0.29, 0.717) is 5.54 Å². The van der Waals surface area contributed by atoms with Gasteiger partial charge in [0, 0.05) is 31.1 Å². The largest absolute Gasteiger partial charge is 0.304 e. The molecular formula is C15H25ClN2S. The summed E-state index contributed by atoms with van der Waals surface area (Å²) in [6, 6.07) is 4.60. The van der Waals surface area contributed by atoms with Gasteiger partial charge in [-0.05, 0) is 31.3 Å². The van der Waals surface area contributed by atoms with Crippen LogP contribution < -0.4 is 0 Å². The fourth-order valence-electron chi connectivity index (χ4n) is 3.63. The van der Waals surface area contributed by atoms with Gasteiger partial charge in [-0.15, -0.1) is 23.7 Å². The highest BCUT2D eigenvalue weighted by Crippen LogP contribution is 2.44. The van der Waals surface area contributed by atoms with Crippen molar-refractivity contribution in [2.45, 2.75) is 37.6 Å². The number of nitrogens with zero attached hydrogens (tertiary/aromatic N) is 2. The molecule has 1 aliphatic carbocycles. The lowest BCUT2D eigenvalue weighted by Crippen LogP contribution is -2.55. The molecule has 2 nitrogen and oxygen atoms in total. The molecule has 0 spiro atoms. The SMILES string of the molecule is CN1CCN(C2(c3cccs3)CCCCC2)CC1.Cl. The Morgan fingerprint density at radius 1 is 1.05 bits per heavy atom. The lowest BCUT2D eigenvalue weighted by atomic mass is 9.78. The Labute approximate surface area is 127 Å². The second kappa shape index (κ2) is 6.57. The van der Waals surface area contributed by atoms with Crippen LogP contribution in [0.1, 0.15) is 37.0 Å². The van der Waals surface area contributed by atoms with Crippen molar-refractivity contribution in [3.63, 3.8) is 0 Å². The highest BCUT2D eigenvalue weighted by atomic mass is 35.5. The smallest absolute Gasteiger partial charge is 0.0554 e. The number of hydrogen-bond acceptors (Lipinski definition) is 3. The van der Waals surface area contributed by atoms with E-state index >= 15 is 0 Å². The number of hydrogen-bond donors (Lipinski definition) is 0. The molecule has 3 rings (SSSR count). The van der Waals surface area contributed by atoms with Crippen molar-refractivity contribution in [1.29, 1.82) is 0 Å². The number of thiophene rings is 1. The quantitative estimate of drug-likeness (QED) is 0.824. The minimum absolute atomic E-state index is 0. The zero-order chi connectivity index (χ0) is 12.4. The van der Waals surface area contributed by atoms with Gasteiger partial charge in [-0.1, -0.05) is 25.3 Å². The maximum absolute atomic E-state index is 2.79. The molecule has 0 bridgehead atoms. The van der Waals surface area contributed by atoms with Crippen LogP contribution in [0.3, 0.4) is 0 Å². The van der Waals surface area contributed by atoms with Crippen molar-refractivity contribution >= 4 is 23.7 Å². The van der Waals surface area contributed by atoms with Gasteiger partial charge in [-0.2, -0.15) is 0 Å². The second-order valence-corrected chi connectivity index (χ2v) is 6.81. The van der Waals surface area contributed by atoms with E-state index in [2.05, 4.69) is 34.4 Å². The molecule has 2 aliphatic rings. The van der Waals surface area contributed by atoms with Crippen LogP contribution in [0.2, 0.25) is 0 Å². The van der Waals surface area contributed by atoms with Crippen molar-refractivity contribution < 1.29 is 0 Å². The van der Waals surface area contributed by atoms with Crippen LogP contribution in [0.25, 0.3) is 0 Å². The van der Waals surface area contributed by atoms with Crippen LogP contribution in [0.15, 0.2) is 17.5 Å². The summed E-state index contributed by atoms with van der Waals surface area (Å²) in [5, 5.41) is 2.25. The van der Waals surface area contributed by atoms with E-state index in [4.69, 9.17) is 0 Å². The molecule has 1 saturated heterocycles. The van der Waals surface area contributed by atoms with Crippen molar-refractivity contribution in [2.75, 3.05) is 33.2 Å². The Kier molecular flexibility index (Phi) is 5.29. The molecule has 0 atom stereocenters. The van der Waals surface area contributed by atoms with Crippen molar-refractivity contribution in [3.8, 4) is 0 Å². The standard InChI is InChI=1S/C15H24N2S.ClH/c1-16-9-11-17(12-10-16)15(7-3-2-4-8-15)14-6-5-13-18-14;/h5-6,13H,2-4,7-12H2,1H3;1H. The van der Waals surface area contributed by atoms with Gasteiger partial charge in [0.2, 0.25) is 0 Å². The van der Waals surface area contributed by atoms with Crippen molar-refractivity contribution in [2.24, 2.45) is 0 Å². The summed E-state index contributed by atoms with van der Waals surface area (Å²) in [7, 11) is 2.25. The van der Waals surface area contributed by atoms with Gasteiger partial charge < -0.3 is 4.90 Å². The molecule has 0 radical (unpaired) electrons. The minimum atomic E-state index is 0. The molecule has 108 valence electrons. The maximum atomic E-state index is 2.79. The predicted octanol–water partition coefficient (Wildman–Crippen LogP) is 3.58. The molecule has 0 N–H and O–H groups in total. The van der Waals surface area contributed by atoms with Gasteiger partial charge in [0.1, 0.15) is 0 Å². The van der Waals surface area contributed by atoms with Crippen LogP contribution in [-0.4, -0.2) is 43.0 Å². The summed E-state index contributed by atoms with van der Waals surface area (Å²) < 4.78 is 0. The topological polar surface area (TPSA) is 6.48 Å². The fourth-order valence-corrected chi connectivity index (χ4v) is 4.65. The Bertz CT molecular complexity index is 366. The molecular weight excluding hydrogens is 276 g/mol. The first-order valence-electron chi connectivity index (χ1n) is 7.29. The Hall–Kier alpha value is -0.0900. The van der Waals surface area contributed by atoms with Gasteiger partial charge in [0.25, 0.3) is 0 Å². The van der Waals surface area contributed by atoms with E-state index in [0.717, 1.165) is 0 Å². The molecule has 1 saturated carbocycles. The summed E-state index contributed by atoms with van der Waals surface area (Å²) in [5.74, 6) is 0. The van der Waals surface area contributed by atoms with E-state index in [-0.39, 0.29) is 12.4 Å². The Balaban J connectivity index is 0.00000133. The van der Waals surface area contributed by atoms with Crippen LogP contribution in [0.5, 0.6) is 0 Å². The van der Waals surface area contributed by atoms with Gasteiger partial charge in [-0.25, -0.2) is 0 Å². The van der Waals surface area contributed by atoms with E-state index in [1.54, 1.807) is 4.88 Å². The average molecular weight is 301 g/mol. The molecule has 4 heteroatoms. The third-order valence-corrected chi connectivity index (χ3v) is 5.83. The molecule has 1 aromatic heterocycles. The van der Waals surface area contributed by atoms with Gasteiger partial charge in [0.05, 0.1) is 5.54 Å². The van der Waals surface area contributed by atoms with Crippen LogP contribution in [0, 0.1) is 0 Å². The van der Waals surface area contributed by atoms with Gasteiger partial charge in [-0.3, -0.25) is 4.90 Å². The van der Waals surface area contributed by atoms with Gasteiger partial charge >= 0.3 is 0 Å². The summed E-state index contributed by atoms with van der Waals surface area (Å²) >= 11 is 1.97. The van der Waals surface area contributed by atoms with E-state index < -0.39 is 0 Å².